The number of amides is 2. The van der Waals surface area contributed by atoms with Crippen molar-refractivity contribution in [3.8, 4) is 5.75 Å². The minimum atomic E-state index is -4.27. The summed E-state index contributed by atoms with van der Waals surface area (Å²) in [5.41, 5.74) is 2.05. The van der Waals surface area contributed by atoms with Gasteiger partial charge in [0.2, 0.25) is 11.8 Å². The number of methoxy groups -OCH3 is 1. The predicted octanol–water partition coefficient (Wildman–Crippen LogP) is 5.50. The number of benzene rings is 4. The van der Waals surface area contributed by atoms with Crippen molar-refractivity contribution in [2.75, 3.05) is 24.5 Å². The number of hydrogen-bond donors (Lipinski definition) is 1. The zero-order valence-corrected chi connectivity index (χ0v) is 26.5. The summed E-state index contributed by atoms with van der Waals surface area (Å²) in [4.78, 5) is 29.4. The van der Waals surface area contributed by atoms with E-state index in [4.69, 9.17) is 4.74 Å². The van der Waals surface area contributed by atoms with Crippen LogP contribution in [-0.4, -0.2) is 51.4 Å². The summed E-state index contributed by atoms with van der Waals surface area (Å²) in [7, 11) is -2.81. The van der Waals surface area contributed by atoms with Gasteiger partial charge in [0.25, 0.3) is 10.0 Å². The van der Waals surface area contributed by atoms with Crippen LogP contribution in [0.2, 0.25) is 0 Å². The van der Waals surface area contributed by atoms with Gasteiger partial charge >= 0.3 is 0 Å². The maximum absolute atomic E-state index is 15.0. The van der Waals surface area contributed by atoms with E-state index in [2.05, 4.69) is 5.32 Å². The molecule has 0 bridgehead atoms. The molecule has 0 aliphatic heterocycles. The molecule has 0 aliphatic rings. The SMILES string of the molecule is CCCNC(=O)[C@@H](Cc1ccccc1)N(Cc1ccccc1F)C(=O)CN(c1cccc(OC)c1)S(=O)(=O)c1ccc(C)cc1. The third-order valence-corrected chi connectivity index (χ3v) is 9.14. The van der Waals surface area contributed by atoms with Gasteiger partial charge in [-0.2, -0.15) is 0 Å². The average Bonchev–Trinajstić information content (AvgIpc) is 3.05. The van der Waals surface area contributed by atoms with Crippen LogP contribution in [0.15, 0.2) is 108 Å². The van der Waals surface area contributed by atoms with Crippen LogP contribution in [0.25, 0.3) is 0 Å². The van der Waals surface area contributed by atoms with Crippen molar-refractivity contribution in [3.05, 3.63) is 126 Å². The van der Waals surface area contributed by atoms with Crippen molar-refractivity contribution in [2.24, 2.45) is 0 Å². The van der Waals surface area contributed by atoms with Crippen molar-refractivity contribution in [1.82, 2.24) is 10.2 Å². The molecular weight excluding hydrogens is 593 g/mol. The number of hydrogen-bond acceptors (Lipinski definition) is 5. The van der Waals surface area contributed by atoms with E-state index in [1.54, 1.807) is 48.5 Å². The minimum Gasteiger partial charge on any atom is -0.497 e. The lowest BCUT2D eigenvalue weighted by atomic mass is 10.0. The molecule has 4 rings (SSSR count). The predicted molar refractivity (Wildman–Crippen MR) is 173 cm³/mol. The number of nitrogens with zero attached hydrogens (tertiary/aromatic N) is 2. The molecular formula is C35H38FN3O5S. The monoisotopic (exact) mass is 631 g/mol. The molecule has 8 nitrogen and oxygen atoms in total. The molecule has 0 aromatic heterocycles. The summed E-state index contributed by atoms with van der Waals surface area (Å²) in [5.74, 6) is -1.24. The molecule has 4 aromatic carbocycles. The number of halogens is 1. The highest BCUT2D eigenvalue weighted by Crippen LogP contribution is 2.28. The van der Waals surface area contributed by atoms with Gasteiger partial charge in [-0.3, -0.25) is 13.9 Å². The van der Waals surface area contributed by atoms with Crippen LogP contribution >= 0.6 is 0 Å². The summed E-state index contributed by atoms with van der Waals surface area (Å²) < 4.78 is 49.6. The van der Waals surface area contributed by atoms with Crippen molar-refractivity contribution in [1.29, 1.82) is 0 Å². The first-order valence-electron chi connectivity index (χ1n) is 14.7. The first kappa shape index (κ1) is 33.2. The van der Waals surface area contributed by atoms with Crippen molar-refractivity contribution < 1.29 is 27.1 Å². The number of ether oxygens (including phenoxy) is 1. The average molecular weight is 632 g/mol. The Morgan fingerprint density at radius 1 is 0.911 bits per heavy atom. The summed E-state index contributed by atoms with van der Waals surface area (Å²) in [6.07, 6.45) is 0.809. The first-order chi connectivity index (χ1) is 21.6. The molecule has 0 spiro atoms. The first-order valence-corrected chi connectivity index (χ1v) is 16.2. The fourth-order valence-corrected chi connectivity index (χ4v) is 6.27. The lowest BCUT2D eigenvalue weighted by Crippen LogP contribution is -2.53. The zero-order valence-electron chi connectivity index (χ0n) is 25.6. The van der Waals surface area contributed by atoms with Crippen molar-refractivity contribution in [3.63, 3.8) is 0 Å². The van der Waals surface area contributed by atoms with Crippen molar-refractivity contribution in [2.45, 2.75) is 44.2 Å². The van der Waals surface area contributed by atoms with Gasteiger partial charge < -0.3 is 15.0 Å². The zero-order chi connectivity index (χ0) is 32.4. The molecule has 0 aliphatic carbocycles. The second-order valence-corrected chi connectivity index (χ2v) is 12.5. The van der Waals surface area contributed by atoms with E-state index in [-0.39, 0.29) is 29.1 Å². The van der Waals surface area contributed by atoms with Gasteiger partial charge in [-0.25, -0.2) is 12.8 Å². The van der Waals surface area contributed by atoms with Crippen LogP contribution in [0, 0.1) is 12.7 Å². The van der Waals surface area contributed by atoms with E-state index in [1.165, 1.54) is 36.3 Å². The number of nitrogens with one attached hydrogen (secondary N) is 1. The fourth-order valence-electron chi connectivity index (χ4n) is 4.86. The molecule has 10 heteroatoms. The summed E-state index contributed by atoms with van der Waals surface area (Å²) in [6.45, 7) is 3.24. The molecule has 0 saturated heterocycles. The molecule has 0 fully saturated rings. The van der Waals surface area contributed by atoms with Gasteiger partial charge in [-0.15, -0.1) is 0 Å². The van der Waals surface area contributed by atoms with Crippen LogP contribution in [0.1, 0.15) is 30.0 Å². The second kappa shape index (κ2) is 15.3. The topological polar surface area (TPSA) is 96.0 Å². The van der Waals surface area contributed by atoms with Crippen LogP contribution in [0.4, 0.5) is 10.1 Å². The number of carbonyl (C=O) groups is 2. The Balaban J connectivity index is 1.82. The lowest BCUT2D eigenvalue weighted by Gasteiger charge is -2.34. The number of rotatable bonds is 14. The van der Waals surface area contributed by atoms with Gasteiger partial charge in [0.15, 0.2) is 0 Å². The second-order valence-electron chi connectivity index (χ2n) is 10.6. The highest BCUT2D eigenvalue weighted by atomic mass is 32.2. The molecule has 0 saturated carbocycles. The minimum absolute atomic E-state index is 0.00843. The van der Waals surface area contributed by atoms with Crippen LogP contribution < -0.4 is 14.4 Å². The number of sulfonamides is 1. The van der Waals surface area contributed by atoms with Crippen molar-refractivity contribution >= 4 is 27.5 Å². The van der Waals surface area contributed by atoms with Crippen LogP contribution in [0.5, 0.6) is 5.75 Å². The van der Waals surface area contributed by atoms with Gasteiger partial charge in [0, 0.05) is 31.1 Å². The standard InChI is InChI=1S/C35H38FN3O5S/c1-4-21-37-35(41)33(22-27-11-6-5-7-12-27)38(24-28-13-8-9-16-32(28)36)34(40)25-39(29-14-10-15-30(23-29)44-3)45(42,43)31-19-17-26(2)18-20-31/h5-20,23,33H,4,21-22,24-25H2,1-3H3,(H,37,41)/t33-/m1/s1. The quantitative estimate of drug-likeness (QED) is 0.198. The van der Waals surface area contributed by atoms with Crippen LogP contribution in [-0.2, 0) is 32.6 Å². The Kier molecular flexibility index (Phi) is 11.3. The summed E-state index contributed by atoms with van der Waals surface area (Å²) >= 11 is 0. The van der Waals surface area contributed by atoms with E-state index in [0.29, 0.717) is 18.7 Å². The third kappa shape index (κ3) is 8.48. The Morgan fingerprint density at radius 2 is 1.60 bits per heavy atom. The van der Waals surface area contributed by atoms with Gasteiger partial charge in [0.05, 0.1) is 17.7 Å². The third-order valence-electron chi connectivity index (χ3n) is 7.35. The maximum Gasteiger partial charge on any atom is 0.264 e. The summed E-state index contributed by atoms with van der Waals surface area (Å²) in [6, 6.07) is 26.9. The molecule has 45 heavy (non-hydrogen) atoms. The smallest absolute Gasteiger partial charge is 0.264 e. The highest BCUT2D eigenvalue weighted by molar-refractivity contribution is 7.92. The molecule has 4 aromatic rings. The number of aryl methyl sites for hydroxylation is 1. The normalized spacial score (nSPS) is 11.8. The molecule has 0 unspecified atom stereocenters. The van der Waals surface area contributed by atoms with E-state index in [0.717, 1.165) is 15.4 Å². The Hall–Kier alpha value is -4.70. The largest absolute Gasteiger partial charge is 0.497 e. The van der Waals surface area contributed by atoms with Gasteiger partial charge in [-0.1, -0.05) is 79.2 Å². The fraction of sp³-hybridized carbons (Fsp3) is 0.257. The lowest BCUT2D eigenvalue weighted by molar-refractivity contribution is -0.140. The number of anilines is 1. The number of carbonyl (C=O) groups excluding carboxylic acids is 2. The van der Waals surface area contributed by atoms with Crippen LogP contribution in [0.3, 0.4) is 0 Å². The van der Waals surface area contributed by atoms with E-state index < -0.39 is 40.2 Å². The molecule has 0 heterocycles. The maximum atomic E-state index is 15.0. The Labute approximate surface area is 264 Å². The molecule has 1 N–H and O–H groups in total. The van der Waals surface area contributed by atoms with Gasteiger partial charge in [-0.05, 0) is 49.2 Å². The summed E-state index contributed by atoms with van der Waals surface area (Å²) in [5, 5.41) is 2.87. The van der Waals surface area contributed by atoms with Gasteiger partial charge in [0.1, 0.15) is 24.2 Å². The van der Waals surface area contributed by atoms with E-state index in [1.807, 2.05) is 44.2 Å². The Bertz CT molecular complexity index is 1700. The molecule has 1 atom stereocenters. The van der Waals surface area contributed by atoms with E-state index in [9.17, 15) is 18.0 Å². The van der Waals surface area contributed by atoms with E-state index >= 15 is 4.39 Å². The Morgan fingerprint density at radius 3 is 2.27 bits per heavy atom. The molecule has 236 valence electrons. The molecule has 2 amide bonds. The molecule has 0 radical (unpaired) electrons. The highest BCUT2D eigenvalue weighted by Gasteiger charge is 2.35.